The summed E-state index contributed by atoms with van der Waals surface area (Å²) in [6.07, 6.45) is 0.503. The zero-order valence-electron chi connectivity index (χ0n) is 11.8. The Labute approximate surface area is 122 Å². The molecule has 21 heavy (non-hydrogen) atoms. The molecular formula is C14H15N5O2. The number of hydrogen-bond donors (Lipinski definition) is 1. The molecular weight excluding hydrogens is 270 g/mol. The van der Waals surface area contributed by atoms with E-state index in [9.17, 15) is 10.1 Å². The van der Waals surface area contributed by atoms with E-state index < -0.39 is 4.92 Å². The Hall–Kier alpha value is -2.88. The Balaban J connectivity index is 2.21. The van der Waals surface area contributed by atoms with Crippen molar-refractivity contribution in [3.63, 3.8) is 0 Å². The smallest absolute Gasteiger partial charge is 0.333 e. The molecule has 0 saturated carbocycles. The summed E-state index contributed by atoms with van der Waals surface area (Å²) in [4.78, 5) is 10.8. The molecule has 0 radical (unpaired) electrons. The van der Waals surface area contributed by atoms with Crippen LogP contribution in [0.4, 0.5) is 11.5 Å². The van der Waals surface area contributed by atoms with Crippen LogP contribution in [-0.2, 0) is 20.0 Å². The number of rotatable bonds is 5. The fourth-order valence-electron chi connectivity index (χ4n) is 2.08. The molecule has 0 saturated heterocycles. The fourth-order valence-corrected chi connectivity index (χ4v) is 2.08. The molecule has 7 nitrogen and oxygen atoms in total. The van der Waals surface area contributed by atoms with E-state index in [0.29, 0.717) is 30.0 Å². The quantitative estimate of drug-likeness (QED) is 0.672. The van der Waals surface area contributed by atoms with Crippen molar-refractivity contribution in [1.29, 1.82) is 5.26 Å². The molecule has 1 N–H and O–H groups in total. The third-order valence-corrected chi connectivity index (χ3v) is 3.15. The number of benzene rings is 1. The van der Waals surface area contributed by atoms with E-state index in [4.69, 9.17) is 5.26 Å². The van der Waals surface area contributed by atoms with Crippen LogP contribution in [0.3, 0.4) is 0 Å². The van der Waals surface area contributed by atoms with Crippen molar-refractivity contribution in [2.24, 2.45) is 7.05 Å². The van der Waals surface area contributed by atoms with Crippen molar-refractivity contribution in [3.05, 3.63) is 51.2 Å². The summed E-state index contributed by atoms with van der Waals surface area (Å²) in [5.74, 6) is 0.390. The molecule has 108 valence electrons. The van der Waals surface area contributed by atoms with Gasteiger partial charge in [0, 0.05) is 13.6 Å². The van der Waals surface area contributed by atoms with Crippen molar-refractivity contribution in [1.82, 2.24) is 9.78 Å². The summed E-state index contributed by atoms with van der Waals surface area (Å²) in [5, 5.41) is 27.1. The van der Waals surface area contributed by atoms with Crippen molar-refractivity contribution in [3.8, 4) is 6.07 Å². The van der Waals surface area contributed by atoms with Gasteiger partial charge in [-0.2, -0.15) is 10.4 Å². The lowest BCUT2D eigenvalue weighted by Gasteiger charge is -2.06. The van der Waals surface area contributed by atoms with Crippen molar-refractivity contribution >= 4 is 11.5 Å². The summed E-state index contributed by atoms with van der Waals surface area (Å²) < 4.78 is 1.49. The van der Waals surface area contributed by atoms with Gasteiger partial charge < -0.3 is 5.32 Å². The standard InChI is InChI=1S/C14H15N5O2/c1-3-12-13(19(20)21)14(18(2)17-12)16-9-11-6-4-10(8-15)5-7-11/h4-7,16H,3,9H2,1-2H3. The number of nitriles is 1. The maximum absolute atomic E-state index is 11.2. The van der Waals surface area contributed by atoms with E-state index in [2.05, 4.69) is 10.4 Å². The molecule has 2 aromatic rings. The summed E-state index contributed by atoms with van der Waals surface area (Å²) in [5.41, 5.74) is 2.00. The Morgan fingerprint density at radius 1 is 1.43 bits per heavy atom. The minimum atomic E-state index is -0.410. The third-order valence-electron chi connectivity index (χ3n) is 3.15. The summed E-state index contributed by atoms with van der Waals surface area (Å²) >= 11 is 0. The first-order chi connectivity index (χ1) is 10.1. The number of anilines is 1. The Morgan fingerprint density at radius 2 is 2.10 bits per heavy atom. The van der Waals surface area contributed by atoms with Gasteiger partial charge in [0.05, 0.1) is 16.6 Å². The number of nitrogens with one attached hydrogen (secondary N) is 1. The maximum atomic E-state index is 11.2. The average molecular weight is 285 g/mol. The largest absolute Gasteiger partial charge is 0.360 e. The van der Waals surface area contributed by atoms with Crippen LogP contribution in [0.15, 0.2) is 24.3 Å². The highest BCUT2D eigenvalue weighted by Gasteiger charge is 2.25. The molecule has 0 aliphatic carbocycles. The molecule has 7 heteroatoms. The SMILES string of the molecule is CCc1nn(C)c(NCc2ccc(C#N)cc2)c1[N+](=O)[O-]. The highest BCUT2D eigenvalue weighted by Crippen LogP contribution is 2.28. The molecule has 1 aromatic heterocycles. The molecule has 0 bridgehead atoms. The molecule has 0 amide bonds. The second-order valence-electron chi connectivity index (χ2n) is 4.54. The molecule has 0 spiro atoms. The lowest BCUT2D eigenvalue weighted by Crippen LogP contribution is -2.06. The number of aromatic nitrogens is 2. The lowest BCUT2D eigenvalue weighted by atomic mass is 10.1. The molecule has 1 heterocycles. The van der Waals surface area contributed by atoms with Gasteiger partial charge in [-0.05, 0) is 24.1 Å². The second-order valence-corrected chi connectivity index (χ2v) is 4.54. The van der Waals surface area contributed by atoms with E-state index >= 15 is 0 Å². The minimum Gasteiger partial charge on any atom is -0.360 e. The molecule has 1 aromatic carbocycles. The van der Waals surface area contributed by atoms with Gasteiger partial charge in [-0.1, -0.05) is 19.1 Å². The predicted octanol–water partition coefficient (Wildman–Crippen LogP) is 2.37. The normalized spacial score (nSPS) is 10.1. The highest BCUT2D eigenvalue weighted by molar-refractivity contribution is 5.60. The fraction of sp³-hybridized carbons (Fsp3) is 0.286. The second kappa shape index (κ2) is 6.05. The van der Waals surface area contributed by atoms with E-state index in [1.165, 1.54) is 4.68 Å². The highest BCUT2D eigenvalue weighted by atomic mass is 16.6. The van der Waals surface area contributed by atoms with Crippen molar-refractivity contribution < 1.29 is 4.92 Å². The van der Waals surface area contributed by atoms with Crippen LogP contribution in [0.5, 0.6) is 0 Å². The predicted molar refractivity (Wildman–Crippen MR) is 77.7 cm³/mol. The average Bonchev–Trinajstić information content (AvgIpc) is 2.81. The van der Waals surface area contributed by atoms with Gasteiger partial charge in [-0.25, -0.2) is 4.68 Å². The Kier molecular flexibility index (Phi) is 4.18. The maximum Gasteiger partial charge on any atom is 0.333 e. The van der Waals surface area contributed by atoms with Crippen molar-refractivity contribution in [2.75, 3.05) is 5.32 Å². The summed E-state index contributed by atoms with van der Waals surface area (Å²) in [6, 6.07) is 9.11. The van der Waals surface area contributed by atoms with Crippen LogP contribution < -0.4 is 5.32 Å². The van der Waals surface area contributed by atoms with Crippen LogP contribution in [0.2, 0.25) is 0 Å². The molecule has 0 aliphatic heterocycles. The number of hydrogen-bond acceptors (Lipinski definition) is 5. The first-order valence-corrected chi connectivity index (χ1v) is 6.50. The lowest BCUT2D eigenvalue weighted by molar-refractivity contribution is -0.384. The third kappa shape index (κ3) is 3.00. The van der Waals surface area contributed by atoms with Crippen LogP contribution in [0.25, 0.3) is 0 Å². The summed E-state index contributed by atoms with van der Waals surface area (Å²) in [6.45, 7) is 2.26. The number of aryl methyl sites for hydroxylation is 2. The molecule has 2 rings (SSSR count). The van der Waals surface area contributed by atoms with E-state index in [1.807, 2.05) is 25.1 Å². The molecule has 0 fully saturated rings. The van der Waals surface area contributed by atoms with Gasteiger partial charge >= 0.3 is 5.69 Å². The zero-order chi connectivity index (χ0) is 15.4. The Bertz CT molecular complexity index is 697. The zero-order valence-corrected chi connectivity index (χ0v) is 11.8. The van der Waals surface area contributed by atoms with Crippen molar-refractivity contribution in [2.45, 2.75) is 19.9 Å². The summed E-state index contributed by atoms with van der Waals surface area (Å²) in [7, 11) is 1.67. The Morgan fingerprint density at radius 3 is 2.62 bits per heavy atom. The molecule has 0 atom stereocenters. The van der Waals surface area contributed by atoms with E-state index in [-0.39, 0.29) is 5.69 Å². The number of nitrogens with zero attached hydrogens (tertiary/aromatic N) is 4. The topological polar surface area (TPSA) is 96.8 Å². The van der Waals surface area contributed by atoms with Gasteiger partial charge in [0.1, 0.15) is 5.69 Å². The van der Waals surface area contributed by atoms with Crippen LogP contribution in [-0.4, -0.2) is 14.7 Å². The van der Waals surface area contributed by atoms with Crippen LogP contribution in [0, 0.1) is 21.4 Å². The number of nitro groups is 1. The van der Waals surface area contributed by atoms with Crippen LogP contribution >= 0.6 is 0 Å². The van der Waals surface area contributed by atoms with Gasteiger partial charge in [-0.15, -0.1) is 0 Å². The van der Waals surface area contributed by atoms with E-state index in [1.54, 1.807) is 19.2 Å². The monoisotopic (exact) mass is 285 g/mol. The first kappa shape index (κ1) is 14.5. The van der Waals surface area contributed by atoms with Crippen LogP contribution in [0.1, 0.15) is 23.7 Å². The minimum absolute atomic E-state index is 0.0219. The van der Waals surface area contributed by atoms with E-state index in [0.717, 1.165) is 5.56 Å². The molecule has 0 aliphatic rings. The molecule has 0 unspecified atom stereocenters. The van der Waals surface area contributed by atoms with Gasteiger partial charge in [0.25, 0.3) is 0 Å². The first-order valence-electron chi connectivity index (χ1n) is 6.50. The van der Waals surface area contributed by atoms with Gasteiger partial charge in [0.15, 0.2) is 0 Å². The van der Waals surface area contributed by atoms with Gasteiger partial charge in [-0.3, -0.25) is 10.1 Å². The van der Waals surface area contributed by atoms with Gasteiger partial charge in [0.2, 0.25) is 5.82 Å².